The maximum atomic E-state index is 12.8. The normalized spacial score (nSPS) is 13.1. The number of para-hydroxylation sites is 1. The Morgan fingerprint density at radius 1 is 1.03 bits per heavy atom. The Morgan fingerprint density at radius 2 is 1.77 bits per heavy atom. The van der Waals surface area contributed by atoms with Crippen molar-refractivity contribution in [2.24, 2.45) is 0 Å². The van der Waals surface area contributed by atoms with Crippen molar-refractivity contribution in [3.05, 3.63) is 89.5 Å². The van der Waals surface area contributed by atoms with E-state index in [1.165, 1.54) is 17.8 Å². The van der Waals surface area contributed by atoms with Crippen LogP contribution >= 0.6 is 11.8 Å². The Bertz CT molecular complexity index is 1280. The first-order chi connectivity index (χ1) is 16.9. The van der Waals surface area contributed by atoms with Crippen molar-refractivity contribution in [2.75, 3.05) is 23.0 Å². The van der Waals surface area contributed by atoms with E-state index in [4.69, 9.17) is 4.74 Å². The van der Waals surface area contributed by atoms with Crippen molar-refractivity contribution in [3.8, 4) is 0 Å². The van der Waals surface area contributed by atoms with Gasteiger partial charge in [0.25, 0.3) is 11.8 Å². The molecule has 0 fully saturated rings. The summed E-state index contributed by atoms with van der Waals surface area (Å²) in [6, 6.07) is 20.7. The van der Waals surface area contributed by atoms with Gasteiger partial charge in [-0.25, -0.2) is 4.79 Å². The number of anilines is 2. The number of hydrogen-bond donors (Lipinski definition) is 3. The highest BCUT2D eigenvalue weighted by Gasteiger charge is 2.19. The quantitative estimate of drug-likeness (QED) is 0.432. The first-order valence-corrected chi connectivity index (χ1v) is 11.9. The number of benzene rings is 3. The number of carbonyl (C=O) groups excluding carboxylic acids is 4. The molecule has 0 saturated carbocycles. The van der Waals surface area contributed by atoms with Gasteiger partial charge in [0.2, 0.25) is 5.91 Å². The number of thioether (sulfide) groups is 1. The van der Waals surface area contributed by atoms with Gasteiger partial charge in [-0.2, -0.15) is 0 Å². The monoisotopic (exact) mass is 489 g/mol. The molecule has 1 aliphatic rings. The first-order valence-electron chi connectivity index (χ1n) is 10.9. The fraction of sp³-hybridized carbons (Fsp3) is 0.154. The van der Waals surface area contributed by atoms with Crippen LogP contribution in [0.4, 0.5) is 11.4 Å². The topological polar surface area (TPSA) is 114 Å². The van der Waals surface area contributed by atoms with E-state index in [9.17, 15) is 19.2 Å². The maximum Gasteiger partial charge on any atom is 0.338 e. The van der Waals surface area contributed by atoms with Crippen LogP contribution in [0.1, 0.15) is 39.2 Å². The summed E-state index contributed by atoms with van der Waals surface area (Å²) in [5, 5.41) is 8.26. The molecule has 35 heavy (non-hydrogen) atoms. The molecule has 4 rings (SSSR count). The number of amides is 3. The largest absolute Gasteiger partial charge is 0.452 e. The average molecular weight is 490 g/mol. The molecule has 0 spiro atoms. The van der Waals surface area contributed by atoms with E-state index >= 15 is 0 Å². The summed E-state index contributed by atoms with van der Waals surface area (Å²) in [6.45, 7) is 1.34. The molecular formula is C26H23N3O5S. The minimum Gasteiger partial charge on any atom is -0.452 e. The lowest BCUT2D eigenvalue weighted by molar-refractivity contribution is -0.119. The van der Waals surface area contributed by atoms with Crippen molar-refractivity contribution in [1.29, 1.82) is 0 Å². The zero-order valence-electron chi connectivity index (χ0n) is 18.9. The Balaban J connectivity index is 1.36. The van der Waals surface area contributed by atoms with Gasteiger partial charge in [-0.3, -0.25) is 14.4 Å². The molecule has 8 nitrogen and oxygen atoms in total. The molecule has 1 atom stereocenters. The fourth-order valence-corrected chi connectivity index (χ4v) is 4.29. The van der Waals surface area contributed by atoms with Crippen molar-refractivity contribution >= 4 is 46.8 Å². The second kappa shape index (κ2) is 10.9. The van der Waals surface area contributed by atoms with E-state index in [1.54, 1.807) is 36.4 Å². The van der Waals surface area contributed by atoms with Crippen molar-refractivity contribution in [2.45, 2.75) is 17.9 Å². The third-order valence-corrected chi connectivity index (χ3v) is 6.35. The van der Waals surface area contributed by atoms with Crippen LogP contribution < -0.4 is 16.0 Å². The van der Waals surface area contributed by atoms with E-state index in [0.29, 0.717) is 17.1 Å². The Hall–Kier alpha value is -4.11. The minimum absolute atomic E-state index is 0.145. The molecule has 178 valence electrons. The summed E-state index contributed by atoms with van der Waals surface area (Å²) in [4.78, 5) is 50.1. The molecule has 1 heterocycles. The number of rotatable bonds is 7. The van der Waals surface area contributed by atoms with E-state index in [-0.39, 0.29) is 29.0 Å². The lowest BCUT2D eigenvalue weighted by atomic mass is 10.1. The van der Waals surface area contributed by atoms with Crippen LogP contribution in [0.2, 0.25) is 0 Å². The van der Waals surface area contributed by atoms with Crippen LogP contribution in [0.3, 0.4) is 0 Å². The predicted molar refractivity (Wildman–Crippen MR) is 133 cm³/mol. The molecule has 3 aromatic carbocycles. The SMILES string of the molecule is CC(NC(=O)c1ccccc1NC(=O)COC(=O)c1ccc2c(c1)NC(=O)CS2)c1ccccc1. The third kappa shape index (κ3) is 6.07. The van der Waals surface area contributed by atoms with Crippen molar-refractivity contribution < 1.29 is 23.9 Å². The smallest absolute Gasteiger partial charge is 0.338 e. The van der Waals surface area contributed by atoms with Crippen molar-refractivity contribution in [1.82, 2.24) is 5.32 Å². The molecule has 3 amide bonds. The number of esters is 1. The first kappa shape index (κ1) is 24.0. The molecular weight excluding hydrogens is 466 g/mol. The lowest BCUT2D eigenvalue weighted by Crippen LogP contribution is -2.28. The number of nitrogens with one attached hydrogen (secondary N) is 3. The zero-order chi connectivity index (χ0) is 24.8. The number of carbonyl (C=O) groups is 4. The Morgan fingerprint density at radius 3 is 2.57 bits per heavy atom. The molecule has 1 aliphatic heterocycles. The highest BCUT2D eigenvalue weighted by atomic mass is 32.2. The molecule has 0 aromatic heterocycles. The van der Waals surface area contributed by atoms with Gasteiger partial charge in [-0.05, 0) is 42.8 Å². The zero-order valence-corrected chi connectivity index (χ0v) is 19.7. The Kier molecular flexibility index (Phi) is 7.47. The van der Waals surface area contributed by atoms with E-state index < -0.39 is 18.5 Å². The number of hydrogen-bond acceptors (Lipinski definition) is 6. The van der Waals surface area contributed by atoms with Crippen molar-refractivity contribution in [3.63, 3.8) is 0 Å². The third-order valence-electron chi connectivity index (χ3n) is 5.28. The van der Waals surface area contributed by atoms with Gasteiger partial charge in [0.05, 0.1) is 34.3 Å². The van der Waals surface area contributed by atoms with Gasteiger partial charge in [-0.15, -0.1) is 11.8 Å². The van der Waals surface area contributed by atoms with Crippen LogP contribution in [-0.4, -0.2) is 36.1 Å². The molecule has 0 aliphatic carbocycles. The molecule has 3 N–H and O–H groups in total. The minimum atomic E-state index is -0.699. The maximum absolute atomic E-state index is 12.8. The van der Waals surface area contributed by atoms with Gasteiger partial charge < -0.3 is 20.7 Å². The molecule has 0 radical (unpaired) electrons. The molecule has 3 aromatic rings. The Labute approximate surface area is 206 Å². The standard InChI is InChI=1S/C26H23N3O5S/c1-16(17-7-3-2-4-8-17)27-25(32)19-9-5-6-10-20(19)28-23(30)14-34-26(33)18-11-12-22-21(13-18)29-24(31)15-35-22/h2-13,16H,14-15H2,1H3,(H,27,32)(H,28,30)(H,29,31). The van der Waals surface area contributed by atoms with Crippen LogP contribution in [0.15, 0.2) is 77.7 Å². The number of ether oxygens (including phenoxy) is 1. The van der Waals surface area contributed by atoms with Gasteiger partial charge in [0.1, 0.15) is 0 Å². The van der Waals surface area contributed by atoms with E-state index in [0.717, 1.165) is 10.5 Å². The van der Waals surface area contributed by atoms with Crippen LogP contribution in [0, 0.1) is 0 Å². The van der Waals surface area contributed by atoms with Gasteiger partial charge in [0.15, 0.2) is 6.61 Å². The summed E-state index contributed by atoms with van der Waals surface area (Å²) in [5.41, 5.74) is 2.30. The van der Waals surface area contributed by atoms with Gasteiger partial charge >= 0.3 is 5.97 Å². The second-order valence-electron chi connectivity index (χ2n) is 7.82. The summed E-state index contributed by atoms with van der Waals surface area (Å²) in [5.74, 6) is -1.45. The molecule has 1 unspecified atom stereocenters. The van der Waals surface area contributed by atoms with Gasteiger partial charge in [0, 0.05) is 4.90 Å². The predicted octanol–water partition coefficient (Wildman–Crippen LogP) is 4.02. The fourth-order valence-electron chi connectivity index (χ4n) is 3.50. The van der Waals surface area contributed by atoms with Crippen LogP contribution in [-0.2, 0) is 14.3 Å². The second-order valence-corrected chi connectivity index (χ2v) is 8.84. The average Bonchev–Trinajstić information content (AvgIpc) is 2.87. The summed E-state index contributed by atoms with van der Waals surface area (Å²) < 4.78 is 5.13. The van der Waals surface area contributed by atoms with Crippen LogP contribution in [0.25, 0.3) is 0 Å². The summed E-state index contributed by atoms with van der Waals surface area (Å²) >= 11 is 1.38. The highest BCUT2D eigenvalue weighted by molar-refractivity contribution is 8.00. The number of fused-ring (bicyclic) bond motifs is 1. The summed E-state index contributed by atoms with van der Waals surface area (Å²) in [6.07, 6.45) is 0. The highest BCUT2D eigenvalue weighted by Crippen LogP contribution is 2.32. The van der Waals surface area contributed by atoms with Crippen LogP contribution in [0.5, 0.6) is 0 Å². The lowest BCUT2D eigenvalue weighted by Gasteiger charge is -2.17. The molecule has 9 heteroatoms. The molecule has 0 saturated heterocycles. The molecule has 0 bridgehead atoms. The van der Waals surface area contributed by atoms with E-state index in [1.807, 2.05) is 37.3 Å². The summed E-state index contributed by atoms with van der Waals surface area (Å²) in [7, 11) is 0. The van der Waals surface area contributed by atoms with Gasteiger partial charge in [-0.1, -0.05) is 42.5 Å². The van der Waals surface area contributed by atoms with E-state index in [2.05, 4.69) is 16.0 Å².